The van der Waals surface area contributed by atoms with E-state index in [0.29, 0.717) is 5.92 Å². The Morgan fingerprint density at radius 2 is 2.00 bits per heavy atom. The molecule has 2 rings (SSSR count). The Bertz CT molecular complexity index is 367. The molecule has 1 aliphatic rings. The minimum Gasteiger partial charge on any atom is -0.325 e. The summed E-state index contributed by atoms with van der Waals surface area (Å²) < 4.78 is 1.17. The van der Waals surface area contributed by atoms with E-state index in [2.05, 4.69) is 48.0 Å². The van der Waals surface area contributed by atoms with Crippen molar-refractivity contribution >= 4 is 15.9 Å². The van der Waals surface area contributed by atoms with E-state index in [0.717, 1.165) is 6.42 Å². The van der Waals surface area contributed by atoms with Crippen molar-refractivity contribution in [3.63, 3.8) is 0 Å². The molecule has 0 spiro atoms. The molecule has 0 saturated heterocycles. The van der Waals surface area contributed by atoms with Crippen LogP contribution in [0.4, 0.5) is 0 Å². The zero-order chi connectivity index (χ0) is 11.1. The summed E-state index contributed by atoms with van der Waals surface area (Å²) in [7, 11) is 0. The van der Waals surface area contributed by atoms with Crippen molar-refractivity contribution in [1.29, 1.82) is 0 Å². The summed E-state index contributed by atoms with van der Waals surface area (Å²) >= 11 is 3.57. The van der Waals surface area contributed by atoms with Crippen molar-refractivity contribution in [3.8, 4) is 0 Å². The number of hydrogen-bond acceptors (Lipinski definition) is 1. The molecule has 1 nitrogen and oxygen atoms in total. The fraction of sp³-hybridized carbons (Fsp3) is 0.538. The summed E-state index contributed by atoms with van der Waals surface area (Å²) in [5.74, 6) is 0.578. The van der Waals surface area contributed by atoms with Crippen LogP contribution < -0.4 is 5.73 Å². The average Bonchev–Trinajstić information content (AvgIpc) is 2.81. The van der Waals surface area contributed by atoms with Crippen LogP contribution in [0.25, 0.3) is 0 Å². The van der Waals surface area contributed by atoms with Gasteiger partial charge in [-0.25, -0.2) is 0 Å². The van der Waals surface area contributed by atoms with Gasteiger partial charge in [0.15, 0.2) is 0 Å². The van der Waals surface area contributed by atoms with Gasteiger partial charge in [0.2, 0.25) is 0 Å². The highest BCUT2D eigenvalue weighted by Crippen LogP contribution is 2.36. The second-order valence-electron chi connectivity index (χ2n) is 5.09. The van der Waals surface area contributed by atoms with Gasteiger partial charge in [0.1, 0.15) is 0 Å². The Morgan fingerprint density at radius 1 is 1.33 bits per heavy atom. The lowest BCUT2D eigenvalue weighted by molar-refractivity contribution is 0.670. The van der Waals surface area contributed by atoms with Gasteiger partial charge in [-0.2, -0.15) is 0 Å². The van der Waals surface area contributed by atoms with E-state index in [1.54, 1.807) is 0 Å². The fourth-order valence-corrected chi connectivity index (χ4v) is 2.41. The van der Waals surface area contributed by atoms with Crippen LogP contribution in [-0.4, -0.2) is 5.54 Å². The highest BCUT2D eigenvalue weighted by atomic mass is 79.9. The molecule has 15 heavy (non-hydrogen) atoms. The van der Waals surface area contributed by atoms with Crippen molar-refractivity contribution in [2.45, 2.75) is 44.6 Å². The van der Waals surface area contributed by atoms with Gasteiger partial charge in [-0.15, -0.1) is 0 Å². The standard InChI is InChI=1S/C13H18BrN/c1-9(2)11-5-10(6-12(14)7-11)8-13(15)3-4-13/h5-7,9H,3-4,8,15H2,1-2H3. The van der Waals surface area contributed by atoms with Crippen LogP contribution in [-0.2, 0) is 6.42 Å². The molecule has 0 bridgehead atoms. The summed E-state index contributed by atoms with van der Waals surface area (Å²) in [6, 6.07) is 6.69. The third-order valence-electron chi connectivity index (χ3n) is 3.09. The predicted molar refractivity (Wildman–Crippen MR) is 68.1 cm³/mol. The topological polar surface area (TPSA) is 26.0 Å². The summed E-state index contributed by atoms with van der Waals surface area (Å²) in [4.78, 5) is 0. The van der Waals surface area contributed by atoms with Crippen molar-refractivity contribution in [1.82, 2.24) is 0 Å². The van der Waals surface area contributed by atoms with Crippen LogP contribution in [0, 0.1) is 0 Å². The molecule has 1 aromatic rings. The summed E-state index contributed by atoms with van der Waals surface area (Å²) in [5.41, 5.74) is 9.01. The van der Waals surface area contributed by atoms with Crippen LogP contribution in [0.5, 0.6) is 0 Å². The fourth-order valence-electron chi connectivity index (χ4n) is 1.85. The third-order valence-corrected chi connectivity index (χ3v) is 3.55. The first kappa shape index (κ1) is 11.2. The Kier molecular flexibility index (Phi) is 2.91. The van der Waals surface area contributed by atoms with Gasteiger partial charge in [-0.1, -0.05) is 35.8 Å². The molecule has 0 amide bonds. The SMILES string of the molecule is CC(C)c1cc(Br)cc(CC2(N)CC2)c1. The van der Waals surface area contributed by atoms with Gasteiger partial charge < -0.3 is 5.73 Å². The highest BCUT2D eigenvalue weighted by molar-refractivity contribution is 9.10. The quantitative estimate of drug-likeness (QED) is 0.890. The second kappa shape index (κ2) is 3.91. The zero-order valence-corrected chi connectivity index (χ0v) is 11.0. The average molecular weight is 268 g/mol. The van der Waals surface area contributed by atoms with E-state index < -0.39 is 0 Å². The maximum Gasteiger partial charge on any atom is 0.0196 e. The molecule has 2 heteroatoms. The van der Waals surface area contributed by atoms with E-state index in [1.165, 1.54) is 28.4 Å². The van der Waals surface area contributed by atoms with Crippen molar-refractivity contribution < 1.29 is 0 Å². The van der Waals surface area contributed by atoms with Gasteiger partial charge in [0, 0.05) is 10.0 Å². The molecule has 1 aliphatic carbocycles. The van der Waals surface area contributed by atoms with E-state index in [-0.39, 0.29) is 5.54 Å². The highest BCUT2D eigenvalue weighted by Gasteiger charge is 2.37. The molecule has 0 atom stereocenters. The normalized spacial score (nSPS) is 18.2. The lowest BCUT2D eigenvalue weighted by atomic mass is 9.97. The van der Waals surface area contributed by atoms with Crippen LogP contribution in [0.2, 0.25) is 0 Å². The first-order chi connectivity index (χ1) is 6.98. The Morgan fingerprint density at radius 3 is 2.53 bits per heavy atom. The smallest absolute Gasteiger partial charge is 0.0196 e. The van der Waals surface area contributed by atoms with Crippen molar-refractivity contribution in [2.24, 2.45) is 5.73 Å². The monoisotopic (exact) mass is 267 g/mol. The Labute approximate surface area is 100 Å². The maximum absolute atomic E-state index is 6.14. The largest absolute Gasteiger partial charge is 0.325 e. The third kappa shape index (κ3) is 2.82. The molecule has 0 aliphatic heterocycles. The molecule has 82 valence electrons. The van der Waals surface area contributed by atoms with Crippen molar-refractivity contribution in [3.05, 3.63) is 33.8 Å². The first-order valence-electron chi connectivity index (χ1n) is 5.57. The first-order valence-corrected chi connectivity index (χ1v) is 6.36. The van der Waals surface area contributed by atoms with Crippen molar-refractivity contribution in [2.75, 3.05) is 0 Å². The van der Waals surface area contributed by atoms with Gasteiger partial charge in [0.05, 0.1) is 0 Å². The van der Waals surface area contributed by atoms with E-state index in [4.69, 9.17) is 5.73 Å². The number of nitrogens with two attached hydrogens (primary N) is 1. The number of hydrogen-bond donors (Lipinski definition) is 1. The Hall–Kier alpha value is -0.340. The van der Waals surface area contributed by atoms with Crippen LogP contribution in [0.3, 0.4) is 0 Å². The molecule has 1 saturated carbocycles. The van der Waals surface area contributed by atoms with E-state index in [9.17, 15) is 0 Å². The van der Waals surface area contributed by atoms with Gasteiger partial charge in [0.25, 0.3) is 0 Å². The number of benzene rings is 1. The lowest BCUT2D eigenvalue weighted by Crippen LogP contribution is -2.24. The Balaban J connectivity index is 2.23. The maximum atomic E-state index is 6.14. The lowest BCUT2D eigenvalue weighted by Gasteiger charge is -2.12. The molecule has 0 aromatic heterocycles. The van der Waals surface area contributed by atoms with Gasteiger partial charge >= 0.3 is 0 Å². The van der Waals surface area contributed by atoms with Crippen LogP contribution in [0.15, 0.2) is 22.7 Å². The molecule has 0 radical (unpaired) electrons. The zero-order valence-electron chi connectivity index (χ0n) is 9.39. The summed E-state index contributed by atoms with van der Waals surface area (Å²) in [5, 5.41) is 0. The summed E-state index contributed by atoms with van der Waals surface area (Å²) in [6.07, 6.45) is 3.37. The van der Waals surface area contributed by atoms with E-state index >= 15 is 0 Å². The molecular weight excluding hydrogens is 250 g/mol. The molecule has 1 aromatic carbocycles. The second-order valence-corrected chi connectivity index (χ2v) is 6.00. The molecule has 1 fully saturated rings. The number of rotatable bonds is 3. The molecule has 0 heterocycles. The van der Waals surface area contributed by atoms with Crippen LogP contribution in [0.1, 0.15) is 43.7 Å². The molecule has 2 N–H and O–H groups in total. The minimum absolute atomic E-state index is 0.106. The van der Waals surface area contributed by atoms with Gasteiger partial charge in [-0.05, 0) is 48.4 Å². The molecule has 0 unspecified atom stereocenters. The number of halogens is 1. The predicted octanol–water partition coefficient (Wildman–Crippen LogP) is 3.61. The van der Waals surface area contributed by atoms with Crippen LogP contribution >= 0.6 is 15.9 Å². The van der Waals surface area contributed by atoms with Gasteiger partial charge in [-0.3, -0.25) is 0 Å². The van der Waals surface area contributed by atoms with E-state index in [1.807, 2.05) is 0 Å². The summed E-state index contributed by atoms with van der Waals surface area (Å²) in [6.45, 7) is 4.45. The minimum atomic E-state index is 0.106. The molecular formula is C13H18BrN.